The molecule has 0 aliphatic carbocycles. The number of carbonyl (C=O) groups excluding carboxylic acids is 2. The molecule has 0 aromatic rings. The zero-order valence-corrected chi connectivity index (χ0v) is 11.9. The summed E-state index contributed by atoms with van der Waals surface area (Å²) in [6.45, 7) is 1.66. The van der Waals surface area contributed by atoms with E-state index in [1.54, 1.807) is 7.05 Å². The molecule has 0 fully saturated rings. The molecule has 5 heteroatoms. The number of hydrogen-bond acceptors (Lipinski definition) is 3. The molecule has 0 aliphatic heterocycles. The van der Waals surface area contributed by atoms with Crippen LogP contribution in [0.1, 0.15) is 38.5 Å². The van der Waals surface area contributed by atoms with E-state index in [0.717, 1.165) is 32.2 Å². The maximum atomic E-state index is 11.4. The summed E-state index contributed by atoms with van der Waals surface area (Å²) < 4.78 is 0. The predicted octanol–water partition coefficient (Wildman–Crippen LogP) is 0.751. The highest BCUT2D eigenvalue weighted by atomic mass is 16.2. The SMILES string of the molecule is CNC(=O)CCCCCNC(=O)CCCN(C)C. The summed E-state index contributed by atoms with van der Waals surface area (Å²) in [5.41, 5.74) is 0. The molecule has 0 atom stereocenters. The van der Waals surface area contributed by atoms with Gasteiger partial charge in [-0.05, 0) is 39.9 Å². The number of rotatable bonds is 10. The van der Waals surface area contributed by atoms with Crippen LogP contribution in [0.25, 0.3) is 0 Å². The molecule has 2 amide bonds. The first-order valence-corrected chi connectivity index (χ1v) is 6.68. The van der Waals surface area contributed by atoms with Gasteiger partial charge in [-0.1, -0.05) is 6.42 Å². The zero-order chi connectivity index (χ0) is 13.8. The summed E-state index contributed by atoms with van der Waals surface area (Å²) in [5.74, 6) is 0.214. The van der Waals surface area contributed by atoms with Crippen LogP contribution in [0.15, 0.2) is 0 Å². The van der Waals surface area contributed by atoms with E-state index in [0.29, 0.717) is 19.4 Å². The Morgan fingerprint density at radius 3 is 2.22 bits per heavy atom. The standard InChI is InChI=1S/C13H27N3O2/c1-14-12(17)8-5-4-6-10-15-13(18)9-7-11-16(2)3/h4-11H2,1-3H3,(H,14,17)(H,15,18). The van der Waals surface area contributed by atoms with Crippen molar-refractivity contribution in [3.05, 3.63) is 0 Å². The second kappa shape index (κ2) is 11.0. The van der Waals surface area contributed by atoms with Gasteiger partial charge in [0, 0.05) is 26.4 Å². The van der Waals surface area contributed by atoms with Crippen LogP contribution in [-0.2, 0) is 9.59 Å². The van der Waals surface area contributed by atoms with E-state index in [2.05, 4.69) is 15.5 Å². The molecule has 0 heterocycles. The third-order valence-electron chi connectivity index (χ3n) is 2.69. The second-order valence-electron chi connectivity index (χ2n) is 4.74. The lowest BCUT2D eigenvalue weighted by atomic mass is 10.2. The molecular weight excluding hydrogens is 230 g/mol. The summed E-state index contributed by atoms with van der Waals surface area (Å²) in [7, 11) is 5.66. The average Bonchev–Trinajstić information content (AvgIpc) is 2.32. The van der Waals surface area contributed by atoms with Crippen LogP contribution in [0.3, 0.4) is 0 Å². The number of hydrogen-bond donors (Lipinski definition) is 2. The summed E-state index contributed by atoms with van der Waals surface area (Å²) >= 11 is 0. The average molecular weight is 257 g/mol. The van der Waals surface area contributed by atoms with Crippen LogP contribution in [0.2, 0.25) is 0 Å². The van der Waals surface area contributed by atoms with Gasteiger partial charge in [0.15, 0.2) is 0 Å². The Hall–Kier alpha value is -1.10. The van der Waals surface area contributed by atoms with E-state index in [1.807, 2.05) is 14.1 Å². The maximum Gasteiger partial charge on any atom is 0.220 e. The lowest BCUT2D eigenvalue weighted by Gasteiger charge is -2.09. The number of amides is 2. The number of nitrogens with one attached hydrogen (secondary N) is 2. The zero-order valence-electron chi connectivity index (χ0n) is 11.9. The van der Waals surface area contributed by atoms with Crippen molar-refractivity contribution in [3.8, 4) is 0 Å². The fourth-order valence-electron chi connectivity index (χ4n) is 1.58. The molecule has 0 unspecified atom stereocenters. The van der Waals surface area contributed by atoms with E-state index < -0.39 is 0 Å². The van der Waals surface area contributed by atoms with E-state index in [4.69, 9.17) is 0 Å². The molecule has 5 nitrogen and oxygen atoms in total. The van der Waals surface area contributed by atoms with Gasteiger partial charge >= 0.3 is 0 Å². The van der Waals surface area contributed by atoms with Crippen LogP contribution in [0.4, 0.5) is 0 Å². The van der Waals surface area contributed by atoms with Gasteiger partial charge in [0.05, 0.1) is 0 Å². The van der Waals surface area contributed by atoms with Gasteiger partial charge in [0.2, 0.25) is 11.8 Å². The van der Waals surface area contributed by atoms with Crippen molar-refractivity contribution >= 4 is 11.8 Å². The van der Waals surface area contributed by atoms with Crippen molar-refractivity contribution in [3.63, 3.8) is 0 Å². The highest BCUT2D eigenvalue weighted by molar-refractivity contribution is 5.76. The largest absolute Gasteiger partial charge is 0.359 e. The van der Waals surface area contributed by atoms with Crippen LogP contribution in [0.5, 0.6) is 0 Å². The van der Waals surface area contributed by atoms with Gasteiger partial charge in [-0.3, -0.25) is 9.59 Å². The number of nitrogens with zero attached hydrogens (tertiary/aromatic N) is 1. The summed E-state index contributed by atoms with van der Waals surface area (Å²) in [4.78, 5) is 24.4. The summed E-state index contributed by atoms with van der Waals surface area (Å²) in [6, 6.07) is 0. The lowest BCUT2D eigenvalue weighted by Crippen LogP contribution is -2.25. The third-order valence-corrected chi connectivity index (χ3v) is 2.69. The normalized spacial score (nSPS) is 10.4. The first-order chi connectivity index (χ1) is 8.56. The van der Waals surface area contributed by atoms with Crippen molar-refractivity contribution in [1.29, 1.82) is 0 Å². The minimum absolute atomic E-state index is 0.0859. The van der Waals surface area contributed by atoms with Crippen LogP contribution in [0, 0.1) is 0 Å². The van der Waals surface area contributed by atoms with E-state index in [9.17, 15) is 9.59 Å². The second-order valence-corrected chi connectivity index (χ2v) is 4.74. The van der Waals surface area contributed by atoms with E-state index >= 15 is 0 Å². The Bertz CT molecular complexity index is 242. The minimum Gasteiger partial charge on any atom is -0.359 e. The fourth-order valence-corrected chi connectivity index (χ4v) is 1.58. The Balaban J connectivity index is 3.27. The van der Waals surface area contributed by atoms with Gasteiger partial charge in [0.1, 0.15) is 0 Å². The van der Waals surface area contributed by atoms with E-state index in [1.165, 1.54) is 0 Å². The molecule has 0 saturated carbocycles. The first kappa shape index (κ1) is 16.9. The van der Waals surface area contributed by atoms with Gasteiger partial charge in [0.25, 0.3) is 0 Å². The highest BCUT2D eigenvalue weighted by Gasteiger charge is 2.01. The molecular formula is C13H27N3O2. The van der Waals surface area contributed by atoms with E-state index in [-0.39, 0.29) is 11.8 Å². The molecule has 2 N–H and O–H groups in total. The molecule has 106 valence electrons. The van der Waals surface area contributed by atoms with Crippen molar-refractivity contribution in [1.82, 2.24) is 15.5 Å². The monoisotopic (exact) mass is 257 g/mol. The molecule has 0 saturated heterocycles. The molecule has 0 rings (SSSR count). The molecule has 0 aliphatic rings. The Labute approximate surface area is 110 Å². The quantitative estimate of drug-likeness (QED) is 0.568. The van der Waals surface area contributed by atoms with Crippen LogP contribution in [-0.4, -0.2) is 50.9 Å². The van der Waals surface area contributed by atoms with Gasteiger partial charge in [-0.25, -0.2) is 0 Å². The van der Waals surface area contributed by atoms with Gasteiger partial charge < -0.3 is 15.5 Å². The molecule has 0 radical (unpaired) electrons. The summed E-state index contributed by atoms with van der Waals surface area (Å²) in [6.07, 6.45) is 4.87. The van der Waals surface area contributed by atoms with Crippen molar-refractivity contribution < 1.29 is 9.59 Å². The fraction of sp³-hybridized carbons (Fsp3) is 0.846. The third kappa shape index (κ3) is 11.4. The van der Waals surface area contributed by atoms with Crippen LogP contribution >= 0.6 is 0 Å². The Morgan fingerprint density at radius 2 is 1.61 bits per heavy atom. The predicted molar refractivity (Wildman–Crippen MR) is 73.3 cm³/mol. The lowest BCUT2D eigenvalue weighted by molar-refractivity contribution is -0.122. The highest BCUT2D eigenvalue weighted by Crippen LogP contribution is 1.99. The van der Waals surface area contributed by atoms with Crippen molar-refractivity contribution in [2.75, 3.05) is 34.2 Å². The smallest absolute Gasteiger partial charge is 0.220 e. The van der Waals surface area contributed by atoms with Gasteiger partial charge in [-0.15, -0.1) is 0 Å². The van der Waals surface area contributed by atoms with Crippen molar-refractivity contribution in [2.45, 2.75) is 38.5 Å². The number of carbonyl (C=O) groups is 2. The Kier molecular flexibility index (Phi) is 10.3. The molecule has 0 aromatic carbocycles. The van der Waals surface area contributed by atoms with Crippen LogP contribution < -0.4 is 10.6 Å². The first-order valence-electron chi connectivity index (χ1n) is 6.68. The molecule has 0 spiro atoms. The topological polar surface area (TPSA) is 61.4 Å². The minimum atomic E-state index is 0.0859. The molecule has 0 bridgehead atoms. The summed E-state index contributed by atoms with van der Waals surface area (Å²) in [5, 5.41) is 5.49. The molecule has 18 heavy (non-hydrogen) atoms. The Morgan fingerprint density at radius 1 is 0.944 bits per heavy atom. The molecule has 0 aromatic heterocycles. The van der Waals surface area contributed by atoms with Crippen molar-refractivity contribution in [2.24, 2.45) is 0 Å². The number of unbranched alkanes of at least 4 members (excludes halogenated alkanes) is 2. The van der Waals surface area contributed by atoms with Gasteiger partial charge in [-0.2, -0.15) is 0 Å². The maximum absolute atomic E-state index is 11.4.